The average Bonchev–Trinajstić information content (AvgIpc) is 2.92. The molecule has 3 rings (SSSR count). The number of nitrogens with zero attached hydrogens (tertiary/aromatic N) is 1. The maximum absolute atomic E-state index is 13.5. The molecule has 7 heteroatoms. The first kappa shape index (κ1) is 13.7. The van der Waals surface area contributed by atoms with Gasteiger partial charge < -0.3 is 5.32 Å². The molecule has 0 aliphatic heterocycles. The Bertz CT molecular complexity index is 712. The molecule has 0 fully saturated rings. The highest BCUT2D eigenvalue weighted by atomic mass is 19.2. The molecule has 0 bridgehead atoms. The van der Waals surface area contributed by atoms with Gasteiger partial charge in [0.15, 0.2) is 23.1 Å². The highest BCUT2D eigenvalue weighted by molar-refractivity contribution is 6.04. The van der Waals surface area contributed by atoms with E-state index in [1.807, 2.05) is 0 Å². The molecule has 0 saturated heterocycles. The molecule has 0 unspecified atom stereocenters. The Hall–Kier alpha value is -2.31. The van der Waals surface area contributed by atoms with Crippen LogP contribution in [0.25, 0.3) is 0 Å². The standard InChI is InChI=1S/C14H12F3N3O/c15-8-5-6-10(12(17)11(8)16)18-14(21)13-7-3-1-2-4-9(7)19-20-13/h5-6H,1-4H2,(H,18,21)(H,19,20). The number of carbonyl (C=O) groups excluding carboxylic acids is 1. The monoisotopic (exact) mass is 295 g/mol. The van der Waals surface area contributed by atoms with Crippen molar-refractivity contribution in [2.45, 2.75) is 25.7 Å². The molecule has 1 heterocycles. The number of rotatable bonds is 2. The van der Waals surface area contributed by atoms with Gasteiger partial charge in [-0.1, -0.05) is 0 Å². The Morgan fingerprint density at radius 3 is 2.71 bits per heavy atom. The predicted molar refractivity (Wildman–Crippen MR) is 69.5 cm³/mol. The summed E-state index contributed by atoms with van der Waals surface area (Å²) < 4.78 is 39.5. The topological polar surface area (TPSA) is 57.8 Å². The molecule has 1 aromatic heterocycles. The number of hydrogen-bond acceptors (Lipinski definition) is 2. The highest BCUT2D eigenvalue weighted by Gasteiger charge is 2.23. The Morgan fingerprint density at radius 2 is 1.90 bits per heavy atom. The molecule has 0 spiro atoms. The van der Waals surface area contributed by atoms with E-state index in [0.29, 0.717) is 0 Å². The van der Waals surface area contributed by atoms with Gasteiger partial charge in [0.1, 0.15) is 0 Å². The Morgan fingerprint density at radius 1 is 1.14 bits per heavy atom. The van der Waals surface area contributed by atoms with Crippen LogP contribution in [0.4, 0.5) is 18.9 Å². The molecule has 0 radical (unpaired) electrons. The lowest BCUT2D eigenvalue weighted by Gasteiger charge is -2.11. The number of aromatic amines is 1. The van der Waals surface area contributed by atoms with E-state index in [4.69, 9.17) is 0 Å². The molecule has 4 nitrogen and oxygen atoms in total. The molecule has 1 amide bonds. The summed E-state index contributed by atoms with van der Waals surface area (Å²) in [6, 6.07) is 1.73. The summed E-state index contributed by atoms with van der Waals surface area (Å²) in [7, 11) is 0. The Kier molecular flexibility index (Phi) is 3.40. The van der Waals surface area contributed by atoms with Crippen LogP contribution in [-0.2, 0) is 12.8 Å². The first-order valence-corrected chi connectivity index (χ1v) is 6.59. The van der Waals surface area contributed by atoms with Gasteiger partial charge in [-0.15, -0.1) is 0 Å². The quantitative estimate of drug-likeness (QED) is 0.837. The molecule has 0 saturated carbocycles. The summed E-state index contributed by atoms with van der Waals surface area (Å²) in [5.41, 5.74) is 1.47. The third-order valence-corrected chi connectivity index (χ3v) is 3.55. The van der Waals surface area contributed by atoms with E-state index in [0.717, 1.165) is 49.1 Å². The van der Waals surface area contributed by atoms with Crippen molar-refractivity contribution in [2.24, 2.45) is 0 Å². The minimum atomic E-state index is -1.61. The fourth-order valence-electron chi connectivity index (χ4n) is 2.47. The molecule has 0 atom stereocenters. The second-order valence-corrected chi connectivity index (χ2v) is 4.91. The Balaban J connectivity index is 1.87. The number of amides is 1. The van der Waals surface area contributed by atoms with E-state index < -0.39 is 29.0 Å². The maximum Gasteiger partial charge on any atom is 0.276 e. The molecular formula is C14H12F3N3O. The minimum absolute atomic E-state index is 0.175. The van der Waals surface area contributed by atoms with Crippen molar-refractivity contribution in [3.8, 4) is 0 Å². The van der Waals surface area contributed by atoms with Crippen molar-refractivity contribution >= 4 is 11.6 Å². The van der Waals surface area contributed by atoms with E-state index in [9.17, 15) is 18.0 Å². The van der Waals surface area contributed by atoms with Gasteiger partial charge >= 0.3 is 0 Å². The third-order valence-electron chi connectivity index (χ3n) is 3.55. The van der Waals surface area contributed by atoms with Crippen molar-refractivity contribution in [3.05, 3.63) is 46.5 Å². The number of H-pyrrole nitrogens is 1. The number of aromatic nitrogens is 2. The number of carbonyl (C=O) groups is 1. The molecule has 2 N–H and O–H groups in total. The SMILES string of the molecule is O=C(Nc1ccc(F)c(F)c1F)c1n[nH]c2c1CCCC2. The molecular weight excluding hydrogens is 283 g/mol. The summed E-state index contributed by atoms with van der Waals surface area (Å²) in [5.74, 6) is -4.98. The summed E-state index contributed by atoms with van der Waals surface area (Å²) >= 11 is 0. The second kappa shape index (κ2) is 5.23. The highest BCUT2D eigenvalue weighted by Crippen LogP contribution is 2.24. The lowest BCUT2D eigenvalue weighted by atomic mass is 9.96. The van der Waals surface area contributed by atoms with E-state index in [-0.39, 0.29) is 5.69 Å². The van der Waals surface area contributed by atoms with Crippen LogP contribution in [-0.4, -0.2) is 16.1 Å². The molecule has 110 valence electrons. The largest absolute Gasteiger partial charge is 0.318 e. The number of nitrogens with one attached hydrogen (secondary N) is 2. The summed E-state index contributed by atoms with van der Waals surface area (Å²) in [4.78, 5) is 12.1. The van der Waals surface area contributed by atoms with E-state index >= 15 is 0 Å². The third kappa shape index (κ3) is 2.39. The maximum atomic E-state index is 13.5. The molecule has 1 aliphatic carbocycles. The summed E-state index contributed by atoms with van der Waals surface area (Å²) in [6.45, 7) is 0. The van der Waals surface area contributed by atoms with Crippen LogP contribution in [0.1, 0.15) is 34.6 Å². The predicted octanol–water partition coefficient (Wildman–Crippen LogP) is 2.96. The zero-order valence-electron chi connectivity index (χ0n) is 11.0. The van der Waals surface area contributed by atoms with Crippen molar-refractivity contribution in [3.63, 3.8) is 0 Å². The van der Waals surface area contributed by atoms with Gasteiger partial charge in [-0.05, 0) is 37.8 Å². The van der Waals surface area contributed by atoms with Crippen LogP contribution in [0.3, 0.4) is 0 Å². The number of fused-ring (bicyclic) bond motifs is 1. The van der Waals surface area contributed by atoms with Crippen molar-refractivity contribution in [1.29, 1.82) is 0 Å². The van der Waals surface area contributed by atoms with Gasteiger partial charge in [0.05, 0.1) is 5.69 Å². The number of hydrogen-bond donors (Lipinski definition) is 2. The van der Waals surface area contributed by atoms with Crippen LogP contribution in [0.2, 0.25) is 0 Å². The summed E-state index contributed by atoms with van der Waals surface area (Å²) in [6.07, 6.45) is 3.50. The molecule has 2 aromatic rings. The van der Waals surface area contributed by atoms with Gasteiger partial charge in [0.2, 0.25) is 0 Å². The van der Waals surface area contributed by atoms with Crippen LogP contribution in [0, 0.1) is 17.5 Å². The second-order valence-electron chi connectivity index (χ2n) is 4.91. The summed E-state index contributed by atoms with van der Waals surface area (Å²) in [5, 5.41) is 8.95. The number of aryl methyl sites for hydroxylation is 1. The lowest BCUT2D eigenvalue weighted by Crippen LogP contribution is -2.17. The van der Waals surface area contributed by atoms with Crippen LogP contribution in [0.15, 0.2) is 12.1 Å². The van der Waals surface area contributed by atoms with Gasteiger partial charge in [-0.3, -0.25) is 9.89 Å². The smallest absolute Gasteiger partial charge is 0.276 e. The first-order chi connectivity index (χ1) is 10.1. The van der Waals surface area contributed by atoms with Gasteiger partial charge in [0.25, 0.3) is 5.91 Å². The van der Waals surface area contributed by atoms with Gasteiger partial charge in [-0.25, -0.2) is 13.2 Å². The molecule has 1 aliphatic rings. The first-order valence-electron chi connectivity index (χ1n) is 6.59. The molecule has 21 heavy (non-hydrogen) atoms. The van der Waals surface area contributed by atoms with Crippen molar-refractivity contribution in [1.82, 2.24) is 10.2 Å². The van der Waals surface area contributed by atoms with E-state index in [1.165, 1.54) is 0 Å². The van der Waals surface area contributed by atoms with Crippen molar-refractivity contribution in [2.75, 3.05) is 5.32 Å². The molecule has 1 aromatic carbocycles. The zero-order chi connectivity index (χ0) is 15.0. The zero-order valence-corrected chi connectivity index (χ0v) is 11.0. The number of halogens is 3. The van der Waals surface area contributed by atoms with Crippen LogP contribution >= 0.6 is 0 Å². The Labute approximate surface area is 118 Å². The fraction of sp³-hybridized carbons (Fsp3) is 0.286. The van der Waals surface area contributed by atoms with Crippen LogP contribution in [0.5, 0.6) is 0 Å². The lowest BCUT2D eigenvalue weighted by molar-refractivity contribution is 0.102. The fourth-order valence-corrected chi connectivity index (χ4v) is 2.47. The van der Waals surface area contributed by atoms with E-state index in [1.54, 1.807) is 0 Å². The average molecular weight is 295 g/mol. The van der Waals surface area contributed by atoms with Gasteiger partial charge in [0, 0.05) is 11.3 Å². The normalized spacial score (nSPS) is 13.9. The van der Waals surface area contributed by atoms with Gasteiger partial charge in [-0.2, -0.15) is 5.10 Å². The minimum Gasteiger partial charge on any atom is -0.318 e. The van der Waals surface area contributed by atoms with Crippen molar-refractivity contribution < 1.29 is 18.0 Å². The van der Waals surface area contributed by atoms with E-state index in [2.05, 4.69) is 15.5 Å². The number of benzene rings is 1. The number of anilines is 1. The van der Waals surface area contributed by atoms with Crippen LogP contribution < -0.4 is 5.32 Å².